The highest BCUT2D eigenvalue weighted by Crippen LogP contribution is 2.20. The number of likely N-dealkylation sites (N-methyl/N-ethyl adjacent to an activating group) is 1. The topological polar surface area (TPSA) is 78.1 Å². The minimum absolute atomic E-state index is 0.204. The van der Waals surface area contributed by atoms with Gasteiger partial charge in [0, 0.05) is 54.2 Å². The van der Waals surface area contributed by atoms with Gasteiger partial charge in [-0.25, -0.2) is 0 Å². The van der Waals surface area contributed by atoms with E-state index in [0.717, 1.165) is 22.0 Å². The molecule has 0 unspecified atom stereocenters. The summed E-state index contributed by atoms with van der Waals surface area (Å²) in [5.41, 5.74) is 3.42. The van der Waals surface area contributed by atoms with Gasteiger partial charge >= 0.3 is 0 Å². The minimum Gasteiger partial charge on any atom is -0.361 e. The van der Waals surface area contributed by atoms with Crippen LogP contribution in [0, 0.1) is 0 Å². The molecular formula is C25H22N4O2. The summed E-state index contributed by atoms with van der Waals surface area (Å²) in [6.45, 7) is 0.397. The summed E-state index contributed by atoms with van der Waals surface area (Å²) >= 11 is 0. The third-order valence-electron chi connectivity index (χ3n) is 4.95. The molecule has 2 N–H and O–H groups in total. The fraction of sp³-hybridized carbons (Fsp3) is 0.0800. The lowest BCUT2D eigenvalue weighted by Gasteiger charge is -2.20. The Morgan fingerprint density at radius 2 is 1.71 bits per heavy atom. The first kappa shape index (κ1) is 20.1. The highest BCUT2D eigenvalue weighted by Gasteiger charge is 2.19. The molecule has 4 rings (SSSR count). The molecule has 2 aromatic heterocycles. The predicted molar refractivity (Wildman–Crippen MR) is 121 cm³/mol. The molecular weight excluding hydrogens is 388 g/mol. The van der Waals surface area contributed by atoms with Crippen LogP contribution in [-0.2, 0) is 11.3 Å². The van der Waals surface area contributed by atoms with Crippen LogP contribution in [0.5, 0.6) is 0 Å². The second-order valence-corrected chi connectivity index (χ2v) is 7.18. The van der Waals surface area contributed by atoms with Gasteiger partial charge in [-0.15, -0.1) is 0 Å². The Morgan fingerprint density at radius 3 is 2.48 bits per heavy atom. The number of hydrogen-bond acceptors (Lipinski definition) is 3. The van der Waals surface area contributed by atoms with E-state index in [1.54, 1.807) is 54.7 Å². The van der Waals surface area contributed by atoms with Gasteiger partial charge in [0.05, 0.1) is 0 Å². The molecule has 0 aliphatic rings. The van der Waals surface area contributed by atoms with Crippen LogP contribution in [0.3, 0.4) is 0 Å². The number of hydrogen-bond donors (Lipinski definition) is 2. The number of nitrogens with zero attached hydrogens (tertiary/aromatic N) is 2. The fourth-order valence-corrected chi connectivity index (χ4v) is 3.34. The van der Waals surface area contributed by atoms with E-state index in [0.29, 0.717) is 12.1 Å². The van der Waals surface area contributed by atoms with E-state index in [4.69, 9.17) is 0 Å². The molecule has 2 aromatic carbocycles. The number of carbonyl (C=O) groups is 2. The Balaban J connectivity index is 1.66. The van der Waals surface area contributed by atoms with Crippen molar-refractivity contribution in [3.8, 4) is 0 Å². The van der Waals surface area contributed by atoms with Crippen LogP contribution in [0.4, 0.5) is 0 Å². The molecule has 6 nitrogen and oxygen atoms in total. The van der Waals surface area contributed by atoms with Crippen molar-refractivity contribution < 1.29 is 9.59 Å². The van der Waals surface area contributed by atoms with Gasteiger partial charge in [-0.2, -0.15) is 0 Å². The summed E-state index contributed by atoms with van der Waals surface area (Å²) in [5.74, 6) is -0.622. The lowest BCUT2D eigenvalue weighted by molar-refractivity contribution is -0.126. The summed E-state index contributed by atoms with van der Waals surface area (Å²) in [7, 11) is 1.71. The van der Waals surface area contributed by atoms with E-state index in [9.17, 15) is 9.59 Å². The molecule has 6 heteroatoms. The van der Waals surface area contributed by atoms with Crippen LogP contribution in [0.2, 0.25) is 0 Å². The molecule has 0 aliphatic carbocycles. The van der Waals surface area contributed by atoms with Crippen LogP contribution < -0.4 is 5.32 Å². The molecule has 154 valence electrons. The zero-order valence-electron chi connectivity index (χ0n) is 17.1. The highest BCUT2D eigenvalue weighted by atomic mass is 16.2. The SMILES string of the molecule is CN(Cc1ccncc1)C(=O)/C(=C/c1c[nH]c2ccccc12)NC(=O)c1ccccc1. The third kappa shape index (κ3) is 4.70. The average molecular weight is 410 g/mol. The molecule has 2 heterocycles. The smallest absolute Gasteiger partial charge is 0.270 e. The Labute approximate surface area is 180 Å². The maximum atomic E-state index is 13.3. The molecule has 0 atom stereocenters. The van der Waals surface area contributed by atoms with Gasteiger partial charge in [0.25, 0.3) is 11.8 Å². The van der Waals surface area contributed by atoms with Crippen molar-refractivity contribution in [2.45, 2.75) is 6.54 Å². The zero-order chi connectivity index (χ0) is 21.6. The second kappa shape index (κ2) is 9.09. The van der Waals surface area contributed by atoms with Gasteiger partial charge in [-0.05, 0) is 42.0 Å². The molecule has 31 heavy (non-hydrogen) atoms. The van der Waals surface area contributed by atoms with Gasteiger partial charge in [0.15, 0.2) is 0 Å². The molecule has 0 spiro atoms. The maximum Gasteiger partial charge on any atom is 0.270 e. The van der Waals surface area contributed by atoms with E-state index in [1.165, 1.54) is 0 Å². The first-order chi connectivity index (χ1) is 15.1. The van der Waals surface area contributed by atoms with Crippen molar-refractivity contribution in [2.24, 2.45) is 0 Å². The van der Waals surface area contributed by atoms with E-state index in [2.05, 4.69) is 15.3 Å². The van der Waals surface area contributed by atoms with Crippen molar-refractivity contribution in [3.63, 3.8) is 0 Å². The Kier molecular flexibility index (Phi) is 5.89. The second-order valence-electron chi connectivity index (χ2n) is 7.18. The number of amides is 2. The number of pyridine rings is 1. The first-order valence-electron chi connectivity index (χ1n) is 9.90. The predicted octanol–water partition coefficient (Wildman–Crippen LogP) is 3.99. The number of benzene rings is 2. The standard InChI is InChI=1S/C25H22N4O2/c1-29(17-18-11-13-26-14-12-18)25(31)23(28-24(30)19-7-3-2-4-8-19)15-20-16-27-22-10-6-5-9-21(20)22/h2-16,27H,17H2,1H3,(H,28,30)/b23-15-. The third-order valence-corrected chi connectivity index (χ3v) is 4.95. The molecule has 0 aliphatic heterocycles. The number of carbonyl (C=O) groups excluding carboxylic acids is 2. The maximum absolute atomic E-state index is 13.3. The van der Waals surface area contributed by atoms with E-state index >= 15 is 0 Å². The molecule has 0 radical (unpaired) electrons. The molecule has 0 saturated heterocycles. The number of aromatic nitrogens is 2. The van der Waals surface area contributed by atoms with Crippen LogP contribution in [0.1, 0.15) is 21.5 Å². The number of fused-ring (bicyclic) bond motifs is 1. The normalized spacial score (nSPS) is 11.3. The van der Waals surface area contributed by atoms with Crippen LogP contribution in [0.15, 0.2) is 91.0 Å². The summed E-state index contributed by atoms with van der Waals surface area (Å²) in [4.78, 5) is 34.9. The van der Waals surface area contributed by atoms with Crippen molar-refractivity contribution in [1.82, 2.24) is 20.2 Å². The molecule has 0 fully saturated rings. The van der Waals surface area contributed by atoms with Crippen LogP contribution >= 0.6 is 0 Å². The number of nitrogens with one attached hydrogen (secondary N) is 2. The van der Waals surface area contributed by atoms with Crippen molar-refractivity contribution in [1.29, 1.82) is 0 Å². The van der Waals surface area contributed by atoms with E-state index < -0.39 is 0 Å². The van der Waals surface area contributed by atoms with Gasteiger partial charge in [-0.3, -0.25) is 14.6 Å². The highest BCUT2D eigenvalue weighted by molar-refractivity contribution is 6.06. The lowest BCUT2D eigenvalue weighted by atomic mass is 10.1. The summed E-state index contributed by atoms with van der Waals surface area (Å²) in [5, 5.41) is 3.78. The largest absolute Gasteiger partial charge is 0.361 e. The molecule has 4 aromatic rings. The zero-order valence-corrected chi connectivity index (χ0v) is 17.1. The monoisotopic (exact) mass is 410 g/mol. The number of rotatable bonds is 6. The number of aromatic amines is 1. The lowest BCUT2D eigenvalue weighted by Crippen LogP contribution is -2.35. The van der Waals surface area contributed by atoms with Crippen molar-refractivity contribution in [3.05, 3.63) is 108 Å². The summed E-state index contributed by atoms with van der Waals surface area (Å²) < 4.78 is 0. The van der Waals surface area contributed by atoms with E-state index in [-0.39, 0.29) is 17.5 Å². The molecule has 0 saturated carbocycles. The van der Waals surface area contributed by atoms with Gasteiger partial charge in [-0.1, -0.05) is 36.4 Å². The van der Waals surface area contributed by atoms with Gasteiger partial charge in [0.1, 0.15) is 5.70 Å². The van der Waals surface area contributed by atoms with E-state index in [1.807, 2.05) is 48.7 Å². The average Bonchev–Trinajstić information content (AvgIpc) is 3.22. The minimum atomic E-state index is -0.336. The summed E-state index contributed by atoms with van der Waals surface area (Å²) in [6, 6.07) is 20.4. The Bertz CT molecular complexity index is 1230. The Morgan fingerprint density at radius 1 is 1.00 bits per heavy atom. The number of H-pyrrole nitrogens is 1. The van der Waals surface area contributed by atoms with Gasteiger partial charge in [0.2, 0.25) is 0 Å². The quantitative estimate of drug-likeness (QED) is 0.472. The number of para-hydroxylation sites is 1. The first-order valence-corrected chi connectivity index (χ1v) is 9.90. The van der Waals surface area contributed by atoms with Crippen LogP contribution in [-0.4, -0.2) is 33.7 Å². The fourth-order valence-electron chi connectivity index (χ4n) is 3.34. The molecule has 2 amide bonds. The summed E-state index contributed by atoms with van der Waals surface area (Å²) in [6.07, 6.45) is 6.92. The Hall–Kier alpha value is -4.19. The van der Waals surface area contributed by atoms with Crippen molar-refractivity contribution in [2.75, 3.05) is 7.05 Å². The molecule has 0 bridgehead atoms. The van der Waals surface area contributed by atoms with Crippen LogP contribution in [0.25, 0.3) is 17.0 Å². The van der Waals surface area contributed by atoms with Gasteiger partial charge < -0.3 is 15.2 Å². The van der Waals surface area contributed by atoms with Crippen molar-refractivity contribution >= 4 is 28.8 Å².